The molecular weight excluding hydrogens is 322 g/mol. The van der Waals surface area contributed by atoms with Gasteiger partial charge in [0.15, 0.2) is 0 Å². The van der Waals surface area contributed by atoms with E-state index >= 15 is 0 Å². The highest BCUT2D eigenvalue weighted by Crippen LogP contribution is 2.11. The highest BCUT2D eigenvalue weighted by Gasteiger charge is 2.12. The molecule has 0 fully saturated rings. The third-order valence-corrected chi connectivity index (χ3v) is 3.98. The van der Waals surface area contributed by atoms with Crippen LogP contribution in [0.25, 0.3) is 0 Å². The van der Waals surface area contributed by atoms with Gasteiger partial charge in [-0.2, -0.15) is 0 Å². The minimum absolute atomic E-state index is 0. The Balaban J connectivity index is 0. The Morgan fingerprint density at radius 1 is 0.684 bits per heavy atom. The van der Waals surface area contributed by atoms with Gasteiger partial charge in [0.05, 0.1) is 33.1 Å². The third-order valence-electron chi connectivity index (χ3n) is 3.81. The van der Waals surface area contributed by atoms with E-state index in [1.54, 1.807) is 0 Å². The topological polar surface area (TPSA) is 0 Å². The molecule has 0 aromatic rings. The SMILES string of the molecule is CCCCCCCCCCCC[N+](C)(C)CCCl.[Br-]. The minimum atomic E-state index is 0. The molecule has 3 heteroatoms. The number of hydrogen-bond acceptors (Lipinski definition) is 0. The van der Waals surface area contributed by atoms with Gasteiger partial charge in [-0.25, -0.2) is 0 Å². The van der Waals surface area contributed by atoms with Crippen LogP contribution < -0.4 is 17.0 Å². The molecule has 118 valence electrons. The molecule has 0 bridgehead atoms. The molecule has 0 atom stereocenters. The van der Waals surface area contributed by atoms with Crippen LogP contribution in [-0.2, 0) is 0 Å². The van der Waals surface area contributed by atoms with Crippen LogP contribution in [-0.4, -0.2) is 37.5 Å². The van der Waals surface area contributed by atoms with Gasteiger partial charge in [0.1, 0.15) is 0 Å². The zero-order valence-corrected chi connectivity index (χ0v) is 15.7. The van der Waals surface area contributed by atoms with Crippen LogP contribution in [0.1, 0.15) is 71.1 Å². The second kappa shape index (κ2) is 15.1. The molecule has 0 rings (SSSR count). The van der Waals surface area contributed by atoms with Gasteiger partial charge < -0.3 is 21.5 Å². The second-order valence-corrected chi connectivity index (χ2v) is 6.63. The zero-order valence-electron chi connectivity index (χ0n) is 13.4. The number of halogens is 2. The van der Waals surface area contributed by atoms with E-state index in [2.05, 4.69) is 21.0 Å². The molecule has 0 heterocycles. The van der Waals surface area contributed by atoms with Crippen LogP contribution in [0.4, 0.5) is 0 Å². The van der Waals surface area contributed by atoms with Crippen LogP contribution in [0.5, 0.6) is 0 Å². The summed E-state index contributed by atoms with van der Waals surface area (Å²) in [4.78, 5) is 0. The summed E-state index contributed by atoms with van der Waals surface area (Å²) < 4.78 is 1.08. The molecule has 0 aliphatic carbocycles. The lowest BCUT2D eigenvalue weighted by molar-refractivity contribution is -0.888. The summed E-state index contributed by atoms with van der Waals surface area (Å²) in [5.74, 6) is 0.783. The van der Waals surface area contributed by atoms with Crippen LogP contribution in [0.3, 0.4) is 0 Å². The second-order valence-electron chi connectivity index (χ2n) is 6.25. The van der Waals surface area contributed by atoms with Gasteiger partial charge in [-0.05, 0) is 12.8 Å². The first-order valence-electron chi connectivity index (χ1n) is 8.00. The molecule has 0 aliphatic heterocycles. The van der Waals surface area contributed by atoms with Crippen molar-refractivity contribution in [2.24, 2.45) is 0 Å². The minimum Gasteiger partial charge on any atom is -1.00 e. The van der Waals surface area contributed by atoms with Crippen molar-refractivity contribution >= 4 is 11.6 Å². The molecule has 0 spiro atoms. The summed E-state index contributed by atoms with van der Waals surface area (Å²) >= 11 is 5.80. The highest BCUT2D eigenvalue weighted by atomic mass is 79.9. The highest BCUT2D eigenvalue weighted by molar-refractivity contribution is 6.17. The molecule has 1 nitrogen and oxygen atoms in total. The normalized spacial score (nSPS) is 11.4. The molecule has 0 amide bonds. The molecule has 0 aliphatic rings. The van der Waals surface area contributed by atoms with Gasteiger partial charge in [0.2, 0.25) is 0 Å². The van der Waals surface area contributed by atoms with Gasteiger partial charge in [0, 0.05) is 0 Å². The van der Waals surface area contributed by atoms with E-state index in [4.69, 9.17) is 11.6 Å². The van der Waals surface area contributed by atoms with E-state index in [0.717, 1.165) is 16.9 Å². The summed E-state index contributed by atoms with van der Waals surface area (Å²) in [5, 5.41) is 0. The van der Waals surface area contributed by atoms with Gasteiger partial charge in [-0.1, -0.05) is 58.3 Å². The molecule has 0 aromatic carbocycles. The fraction of sp³-hybridized carbons (Fsp3) is 1.00. The number of hydrogen-bond donors (Lipinski definition) is 0. The maximum atomic E-state index is 5.80. The average Bonchev–Trinajstić information content (AvgIpc) is 2.31. The molecule has 0 aromatic heterocycles. The van der Waals surface area contributed by atoms with Crippen molar-refractivity contribution in [2.75, 3.05) is 33.1 Å². The predicted molar refractivity (Wildman–Crippen MR) is 84.4 cm³/mol. The Kier molecular flexibility index (Phi) is 17.5. The largest absolute Gasteiger partial charge is 1.00 e. The van der Waals surface area contributed by atoms with Gasteiger partial charge in [-0.15, -0.1) is 11.6 Å². The molecule has 0 N–H and O–H groups in total. The van der Waals surface area contributed by atoms with E-state index in [1.807, 2.05) is 0 Å². The van der Waals surface area contributed by atoms with Gasteiger partial charge in [-0.3, -0.25) is 0 Å². The maximum absolute atomic E-state index is 5.80. The summed E-state index contributed by atoms with van der Waals surface area (Å²) in [7, 11) is 4.58. The van der Waals surface area contributed by atoms with Crippen molar-refractivity contribution in [3.05, 3.63) is 0 Å². The van der Waals surface area contributed by atoms with Gasteiger partial charge in [0.25, 0.3) is 0 Å². The first-order valence-corrected chi connectivity index (χ1v) is 8.54. The molecule has 0 saturated heterocycles. The van der Waals surface area contributed by atoms with Gasteiger partial charge >= 0.3 is 0 Å². The van der Waals surface area contributed by atoms with Crippen LogP contribution in [0.15, 0.2) is 0 Å². The summed E-state index contributed by atoms with van der Waals surface area (Å²) in [6, 6.07) is 0. The molecule has 0 unspecified atom stereocenters. The maximum Gasteiger partial charge on any atom is 0.0920 e. The van der Waals surface area contributed by atoms with E-state index in [1.165, 1.54) is 70.8 Å². The number of alkyl halides is 1. The van der Waals surface area contributed by atoms with E-state index in [0.29, 0.717) is 0 Å². The quantitative estimate of drug-likeness (QED) is 0.270. The van der Waals surface area contributed by atoms with Crippen LogP contribution in [0, 0.1) is 0 Å². The van der Waals surface area contributed by atoms with Crippen molar-refractivity contribution in [1.29, 1.82) is 0 Å². The third kappa shape index (κ3) is 16.7. The lowest BCUT2D eigenvalue weighted by Gasteiger charge is -2.28. The lowest BCUT2D eigenvalue weighted by Crippen LogP contribution is -3.00. The molecule has 0 radical (unpaired) electrons. The fourth-order valence-corrected chi connectivity index (χ4v) is 2.83. The summed E-state index contributed by atoms with van der Waals surface area (Å²) in [5.41, 5.74) is 0. The Labute approximate surface area is 137 Å². The summed E-state index contributed by atoms with van der Waals surface area (Å²) in [6.07, 6.45) is 14.2. The number of nitrogens with zero attached hydrogens (tertiary/aromatic N) is 1. The molecule has 19 heavy (non-hydrogen) atoms. The Morgan fingerprint density at radius 3 is 1.53 bits per heavy atom. The predicted octanol–water partition coefficient (Wildman–Crippen LogP) is 2.23. The molecular formula is C16H35BrClN. The van der Waals surface area contributed by atoms with E-state index in [-0.39, 0.29) is 17.0 Å². The zero-order chi connectivity index (χ0) is 13.7. The number of quaternary nitrogens is 1. The first-order chi connectivity index (χ1) is 8.62. The van der Waals surface area contributed by atoms with Crippen molar-refractivity contribution in [1.82, 2.24) is 0 Å². The van der Waals surface area contributed by atoms with Crippen LogP contribution >= 0.6 is 11.6 Å². The smallest absolute Gasteiger partial charge is 0.0920 e. The summed E-state index contributed by atoms with van der Waals surface area (Å²) in [6.45, 7) is 4.66. The van der Waals surface area contributed by atoms with Crippen molar-refractivity contribution in [3.63, 3.8) is 0 Å². The molecule has 0 saturated carbocycles. The fourth-order valence-electron chi connectivity index (χ4n) is 2.37. The lowest BCUT2D eigenvalue weighted by atomic mass is 10.1. The van der Waals surface area contributed by atoms with E-state index < -0.39 is 0 Å². The van der Waals surface area contributed by atoms with E-state index in [9.17, 15) is 0 Å². The number of unbranched alkanes of at least 4 members (excludes halogenated alkanes) is 9. The van der Waals surface area contributed by atoms with Crippen LogP contribution in [0.2, 0.25) is 0 Å². The Hall–Kier alpha value is 0.730. The van der Waals surface area contributed by atoms with Crippen molar-refractivity contribution in [3.8, 4) is 0 Å². The number of rotatable bonds is 13. The van der Waals surface area contributed by atoms with Crippen molar-refractivity contribution in [2.45, 2.75) is 71.1 Å². The standard InChI is InChI=1S/C16H35ClN.BrH/c1-4-5-6-7-8-9-10-11-12-13-15-18(2,3)16-14-17;/h4-16H2,1-3H3;1H/q+1;/p-1. The first kappa shape index (κ1) is 22.0. The Bertz CT molecular complexity index is 174. The average molecular weight is 357 g/mol. The Morgan fingerprint density at radius 2 is 1.11 bits per heavy atom. The van der Waals surface area contributed by atoms with Crippen molar-refractivity contribution < 1.29 is 21.5 Å². The monoisotopic (exact) mass is 355 g/mol.